The quantitative estimate of drug-likeness (QED) is 0.895. The third-order valence-corrected chi connectivity index (χ3v) is 5.41. The smallest absolute Gasteiger partial charge is 0.413 e. The van der Waals surface area contributed by atoms with Crippen molar-refractivity contribution in [3.8, 4) is 0 Å². The van der Waals surface area contributed by atoms with Crippen LogP contribution in [0.1, 0.15) is 20.2 Å². The van der Waals surface area contributed by atoms with Crippen LogP contribution in [0.5, 0.6) is 0 Å². The average Bonchev–Trinajstić information content (AvgIpc) is 3.11. The summed E-state index contributed by atoms with van der Waals surface area (Å²) in [7, 11) is 1.30. The van der Waals surface area contributed by atoms with Gasteiger partial charge in [-0.2, -0.15) is 0 Å². The van der Waals surface area contributed by atoms with E-state index in [1.54, 1.807) is 17.0 Å². The number of anilines is 1. The topological polar surface area (TPSA) is 71.5 Å². The zero-order valence-electron chi connectivity index (χ0n) is 11.6. The lowest BCUT2D eigenvalue weighted by Crippen LogP contribution is -2.35. The van der Waals surface area contributed by atoms with E-state index in [0.29, 0.717) is 33.9 Å². The molecule has 0 spiro atoms. The second-order valence-corrected chi connectivity index (χ2v) is 7.38. The fraction of sp³-hybridized carbons (Fsp3) is 0.308. The number of nitrogens with zero attached hydrogens (tertiary/aromatic N) is 2. The van der Waals surface area contributed by atoms with Crippen molar-refractivity contribution in [2.75, 3.05) is 19.0 Å². The Labute approximate surface area is 139 Å². The van der Waals surface area contributed by atoms with Gasteiger partial charge in [0.1, 0.15) is 0 Å². The number of methoxy groups -OCH3 is 1. The van der Waals surface area contributed by atoms with E-state index in [1.807, 2.05) is 0 Å². The Morgan fingerprint density at radius 1 is 1.41 bits per heavy atom. The fourth-order valence-corrected chi connectivity index (χ4v) is 4.17. The molecular formula is C13H12ClN3O3S2. The molecule has 2 aromatic rings. The molecule has 0 saturated heterocycles. The maximum absolute atomic E-state index is 12.4. The Hall–Kier alpha value is -1.64. The Kier molecular flexibility index (Phi) is 4.32. The van der Waals surface area contributed by atoms with Crippen LogP contribution in [-0.2, 0) is 17.7 Å². The van der Waals surface area contributed by atoms with Crippen LogP contribution in [-0.4, -0.2) is 35.5 Å². The molecule has 1 aliphatic heterocycles. The number of ether oxygens (including phenoxy) is 1. The molecule has 1 aliphatic rings. The minimum Gasteiger partial charge on any atom is -0.453 e. The van der Waals surface area contributed by atoms with Gasteiger partial charge in [-0.15, -0.1) is 11.3 Å². The highest BCUT2D eigenvalue weighted by Gasteiger charge is 2.26. The molecule has 1 N–H and O–H groups in total. The number of aromatic nitrogens is 1. The summed E-state index contributed by atoms with van der Waals surface area (Å²) in [5.41, 5.74) is 0.921. The van der Waals surface area contributed by atoms with Crippen molar-refractivity contribution >= 4 is 51.4 Å². The summed E-state index contributed by atoms with van der Waals surface area (Å²) >= 11 is 8.51. The predicted octanol–water partition coefficient (Wildman–Crippen LogP) is 3.23. The van der Waals surface area contributed by atoms with Crippen LogP contribution in [0.4, 0.5) is 9.93 Å². The summed E-state index contributed by atoms with van der Waals surface area (Å²) in [4.78, 5) is 31.4. The van der Waals surface area contributed by atoms with Crippen LogP contribution < -0.4 is 5.32 Å². The molecule has 0 unspecified atom stereocenters. The Morgan fingerprint density at radius 3 is 2.91 bits per heavy atom. The molecule has 3 rings (SSSR count). The first-order chi connectivity index (χ1) is 10.6. The van der Waals surface area contributed by atoms with Gasteiger partial charge in [0, 0.05) is 17.8 Å². The normalized spacial score (nSPS) is 13.6. The molecule has 0 radical (unpaired) electrons. The number of amides is 2. The van der Waals surface area contributed by atoms with E-state index in [2.05, 4.69) is 15.0 Å². The second kappa shape index (κ2) is 6.23. The van der Waals surface area contributed by atoms with Gasteiger partial charge in [-0.1, -0.05) is 22.9 Å². The number of nitrogens with one attached hydrogen (secondary N) is 1. The maximum atomic E-state index is 12.4. The molecule has 2 aromatic heterocycles. The summed E-state index contributed by atoms with van der Waals surface area (Å²) in [6.45, 7) is 1.09. The van der Waals surface area contributed by atoms with Crippen molar-refractivity contribution in [2.45, 2.75) is 13.0 Å². The number of thiophene rings is 1. The lowest BCUT2D eigenvalue weighted by molar-refractivity contribution is 0.0741. The van der Waals surface area contributed by atoms with Crippen molar-refractivity contribution < 1.29 is 14.3 Å². The molecule has 0 atom stereocenters. The minimum atomic E-state index is -0.549. The van der Waals surface area contributed by atoms with E-state index in [-0.39, 0.29) is 5.91 Å². The summed E-state index contributed by atoms with van der Waals surface area (Å²) in [6.07, 6.45) is 0.117. The van der Waals surface area contributed by atoms with Gasteiger partial charge in [0.05, 0.1) is 28.6 Å². The monoisotopic (exact) mass is 357 g/mol. The first-order valence-electron chi connectivity index (χ1n) is 6.45. The van der Waals surface area contributed by atoms with Gasteiger partial charge >= 0.3 is 6.09 Å². The van der Waals surface area contributed by atoms with Crippen molar-refractivity contribution in [2.24, 2.45) is 0 Å². The van der Waals surface area contributed by atoms with E-state index in [4.69, 9.17) is 11.6 Å². The van der Waals surface area contributed by atoms with Gasteiger partial charge in [0.2, 0.25) is 0 Å². The van der Waals surface area contributed by atoms with Crippen molar-refractivity contribution in [3.05, 3.63) is 31.9 Å². The lowest BCUT2D eigenvalue weighted by Gasteiger charge is -2.25. The summed E-state index contributed by atoms with van der Waals surface area (Å²) in [5, 5.41) is 3.05. The standard InChI is InChI=1S/C13H12ClN3O3S2/c1-20-13(19)16-12-15-7-4-5-17(6-9(7)22-12)11(18)8-2-3-10(14)21-8/h2-3H,4-6H2,1H3,(H,15,16,19). The van der Waals surface area contributed by atoms with Crippen LogP contribution in [0.25, 0.3) is 0 Å². The molecule has 2 amide bonds. The summed E-state index contributed by atoms with van der Waals surface area (Å²) < 4.78 is 5.15. The van der Waals surface area contributed by atoms with E-state index >= 15 is 0 Å². The van der Waals surface area contributed by atoms with Crippen LogP contribution in [0, 0.1) is 0 Å². The lowest BCUT2D eigenvalue weighted by atomic mass is 10.2. The second-order valence-electron chi connectivity index (χ2n) is 4.59. The van der Waals surface area contributed by atoms with E-state index in [0.717, 1.165) is 10.6 Å². The summed E-state index contributed by atoms with van der Waals surface area (Å²) in [6, 6.07) is 3.46. The Balaban J connectivity index is 1.73. The fourth-order valence-electron chi connectivity index (χ4n) is 2.15. The largest absolute Gasteiger partial charge is 0.453 e. The SMILES string of the molecule is COC(=O)Nc1nc2c(s1)CN(C(=O)c1ccc(Cl)s1)CC2. The van der Waals surface area contributed by atoms with E-state index in [9.17, 15) is 9.59 Å². The van der Waals surface area contributed by atoms with Crippen LogP contribution in [0.15, 0.2) is 12.1 Å². The molecule has 0 bridgehead atoms. The predicted molar refractivity (Wildman–Crippen MR) is 85.9 cm³/mol. The first-order valence-corrected chi connectivity index (χ1v) is 8.46. The van der Waals surface area contributed by atoms with Crippen molar-refractivity contribution in [3.63, 3.8) is 0 Å². The van der Waals surface area contributed by atoms with E-state index < -0.39 is 6.09 Å². The third-order valence-electron chi connectivity index (χ3n) is 3.20. The molecule has 22 heavy (non-hydrogen) atoms. The number of carbonyl (C=O) groups is 2. The highest BCUT2D eigenvalue weighted by atomic mass is 35.5. The van der Waals surface area contributed by atoms with Gasteiger partial charge in [0.25, 0.3) is 5.91 Å². The number of thiazole rings is 1. The molecule has 0 aromatic carbocycles. The molecule has 116 valence electrons. The first kappa shape index (κ1) is 15.3. The highest BCUT2D eigenvalue weighted by Crippen LogP contribution is 2.30. The van der Waals surface area contributed by atoms with Crippen LogP contribution in [0.2, 0.25) is 4.34 Å². The molecule has 3 heterocycles. The molecule has 0 saturated carbocycles. The summed E-state index contributed by atoms with van der Waals surface area (Å²) in [5.74, 6) is -0.0292. The van der Waals surface area contributed by atoms with Gasteiger partial charge < -0.3 is 9.64 Å². The van der Waals surface area contributed by atoms with E-state index in [1.165, 1.54) is 29.8 Å². The molecule has 9 heteroatoms. The zero-order chi connectivity index (χ0) is 15.7. The van der Waals surface area contributed by atoms with Crippen molar-refractivity contribution in [1.29, 1.82) is 0 Å². The molecule has 6 nitrogen and oxygen atoms in total. The molecule has 0 fully saturated rings. The Morgan fingerprint density at radius 2 is 2.23 bits per heavy atom. The van der Waals surface area contributed by atoms with Gasteiger partial charge in [-0.05, 0) is 12.1 Å². The number of hydrogen-bond acceptors (Lipinski definition) is 6. The minimum absolute atomic E-state index is 0.0292. The van der Waals surface area contributed by atoms with Crippen molar-refractivity contribution in [1.82, 2.24) is 9.88 Å². The number of hydrogen-bond donors (Lipinski definition) is 1. The maximum Gasteiger partial charge on any atom is 0.413 e. The third kappa shape index (κ3) is 3.08. The van der Waals surface area contributed by atoms with Crippen LogP contribution >= 0.6 is 34.3 Å². The number of carbonyl (C=O) groups excluding carboxylic acids is 2. The van der Waals surface area contributed by atoms with Crippen LogP contribution in [0.3, 0.4) is 0 Å². The van der Waals surface area contributed by atoms with Gasteiger partial charge in [-0.3, -0.25) is 10.1 Å². The molecule has 0 aliphatic carbocycles. The molecular weight excluding hydrogens is 346 g/mol. The van der Waals surface area contributed by atoms with Gasteiger partial charge in [-0.25, -0.2) is 9.78 Å². The number of halogens is 1. The number of rotatable bonds is 2. The average molecular weight is 358 g/mol. The Bertz CT molecular complexity index is 728. The highest BCUT2D eigenvalue weighted by molar-refractivity contribution is 7.18. The number of fused-ring (bicyclic) bond motifs is 1. The van der Waals surface area contributed by atoms with Gasteiger partial charge in [0.15, 0.2) is 5.13 Å². The zero-order valence-corrected chi connectivity index (χ0v) is 14.0.